The van der Waals surface area contributed by atoms with Crippen molar-refractivity contribution in [2.45, 2.75) is 50.2 Å². The molecule has 3 rings (SSSR count). The summed E-state index contributed by atoms with van der Waals surface area (Å²) >= 11 is 1.41. The largest absolute Gasteiger partial charge is 0.486 e. The Morgan fingerprint density at radius 2 is 1.79 bits per heavy atom. The molecule has 28 heavy (non-hydrogen) atoms. The van der Waals surface area contributed by atoms with Gasteiger partial charge in [-0.1, -0.05) is 61.2 Å². The molecule has 0 radical (unpaired) electrons. The minimum absolute atomic E-state index is 0.0330. The standard InChI is InChI=1S/C22H24N4OS/c1-4-18-10-12-20(13-11-18)27-15-21-24-25-22(28-16(2)14-23)26(21)17(3)19-8-6-5-7-9-19/h5-13,16-17H,4,15H2,1-3H3/t16-,17-/m1/s1. The van der Waals surface area contributed by atoms with Crippen LogP contribution in [-0.4, -0.2) is 20.0 Å². The number of benzene rings is 2. The maximum absolute atomic E-state index is 9.19. The smallest absolute Gasteiger partial charge is 0.193 e. The lowest BCUT2D eigenvalue weighted by molar-refractivity contribution is 0.285. The second-order valence-electron chi connectivity index (χ2n) is 6.53. The third-order valence-corrected chi connectivity index (χ3v) is 5.52. The first kappa shape index (κ1) is 20.0. The molecule has 0 fully saturated rings. The van der Waals surface area contributed by atoms with Crippen molar-refractivity contribution in [3.63, 3.8) is 0 Å². The van der Waals surface area contributed by atoms with Crippen LogP contribution in [0, 0.1) is 11.3 Å². The van der Waals surface area contributed by atoms with E-state index in [1.165, 1.54) is 17.3 Å². The van der Waals surface area contributed by atoms with Crippen LogP contribution in [0.5, 0.6) is 5.75 Å². The van der Waals surface area contributed by atoms with Crippen LogP contribution in [0.2, 0.25) is 0 Å². The van der Waals surface area contributed by atoms with Gasteiger partial charge in [-0.2, -0.15) is 5.26 Å². The third kappa shape index (κ3) is 4.73. The Kier molecular flexibility index (Phi) is 6.72. The van der Waals surface area contributed by atoms with Crippen molar-refractivity contribution in [3.8, 4) is 11.8 Å². The first-order valence-corrected chi connectivity index (χ1v) is 10.3. The van der Waals surface area contributed by atoms with Crippen LogP contribution in [0.25, 0.3) is 0 Å². The van der Waals surface area contributed by atoms with Gasteiger partial charge in [0.05, 0.1) is 17.4 Å². The summed E-state index contributed by atoms with van der Waals surface area (Å²) in [5, 5.41) is 18.4. The molecule has 2 atom stereocenters. The van der Waals surface area contributed by atoms with Gasteiger partial charge < -0.3 is 4.74 Å². The summed E-state index contributed by atoms with van der Waals surface area (Å²) in [6.45, 7) is 6.42. The van der Waals surface area contributed by atoms with Gasteiger partial charge >= 0.3 is 0 Å². The normalized spacial score (nSPS) is 12.9. The van der Waals surface area contributed by atoms with Crippen molar-refractivity contribution < 1.29 is 4.74 Å². The highest BCUT2D eigenvalue weighted by Gasteiger charge is 2.21. The minimum Gasteiger partial charge on any atom is -0.486 e. The molecule has 3 aromatic rings. The van der Waals surface area contributed by atoms with Gasteiger partial charge in [0.1, 0.15) is 12.4 Å². The Labute approximate surface area is 170 Å². The van der Waals surface area contributed by atoms with E-state index in [-0.39, 0.29) is 11.3 Å². The van der Waals surface area contributed by atoms with E-state index in [0.717, 1.165) is 28.7 Å². The van der Waals surface area contributed by atoms with Gasteiger partial charge in [-0.3, -0.25) is 4.57 Å². The maximum Gasteiger partial charge on any atom is 0.193 e. The van der Waals surface area contributed by atoms with Crippen LogP contribution >= 0.6 is 11.8 Å². The number of nitrogens with zero attached hydrogens (tertiary/aromatic N) is 4. The molecule has 0 spiro atoms. The molecule has 1 aromatic heterocycles. The molecule has 0 aliphatic carbocycles. The van der Waals surface area contributed by atoms with E-state index in [9.17, 15) is 5.26 Å². The van der Waals surface area contributed by atoms with Crippen LogP contribution in [0.1, 0.15) is 43.8 Å². The number of rotatable bonds is 8. The Morgan fingerprint density at radius 3 is 2.43 bits per heavy atom. The Morgan fingerprint density at radius 1 is 1.07 bits per heavy atom. The molecule has 0 aliphatic rings. The van der Waals surface area contributed by atoms with Gasteiger partial charge in [0.15, 0.2) is 11.0 Å². The molecule has 2 aromatic carbocycles. The van der Waals surface area contributed by atoms with Crippen LogP contribution in [0.4, 0.5) is 0 Å². The molecule has 0 amide bonds. The number of hydrogen-bond donors (Lipinski definition) is 0. The molecule has 0 unspecified atom stereocenters. The third-order valence-electron chi connectivity index (χ3n) is 4.57. The number of aryl methyl sites for hydroxylation is 1. The van der Waals surface area contributed by atoms with Crippen molar-refractivity contribution in [1.82, 2.24) is 14.8 Å². The Bertz CT molecular complexity index is 931. The Balaban J connectivity index is 1.86. The predicted molar refractivity (Wildman–Crippen MR) is 111 cm³/mol. The average Bonchev–Trinajstić information content (AvgIpc) is 3.14. The fourth-order valence-corrected chi connectivity index (χ4v) is 3.74. The van der Waals surface area contributed by atoms with E-state index in [0.29, 0.717) is 6.61 Å². The SMILES string of the molecule is CCc1ccc(OCc2nnc(S[C@H](C)C#N)n2[C@H](C)c2ccccc2)cc1. The first-order valence-electron chi connectivity index (χ1n) is 9.39. The van der Waals surface area contributed by atoms with Gasteiger partial charge in [-0.15, -0.1) is 10.2 Å². The van der Waals surface area contributed by atoms with Crippen LogP contribution in [-0.2, 0) is 13.0 Å². The van der Waals surface area contributed by atoms with Crippen molar-refractivity contribution >= 4 is 11.8 Å². The molecule has 6 heteroatoms. The summed E-state index contributed by atoms with van der Waals surface area (Å²) in [4.78, 5) is 0. The summed E-state index contributed by atoms with van der Waals surface area (Å²) in [6, 6.07) is 20.6. The molecular weight excluding hydrogens is 368 g/mol. The Hall–Kier alpha value is -2.78. The number of hydrogen-bond acceptors (Lipinski definition) is 5. The number of nitriles is 1. The molecule has 5 nitrogen and oxygen atoms in total. The van der Waals surface area contributed by atoms with E-state index < -0.39 is 0 Å². The molecule has 1 heterocycles. The zero-order chi connectivity index (χ0) is 19.9. The number of thioether (sulfide) groups is 1. The fourth-order valence-electron chi connectivity index (χ4n) is 2.91. The zero-order valence-electron chi connectivity index (χ0n) is 16.4. The molecule has 144 valence electrons. The zero-order valence-corrected chi connectivity index (χ0v) is 17.2. The van der Waals surface area contributed by atoms with Crippen LogP contribution in [0.15, 0.2) is 59.8 Å². The molecule has 0 N–H and O–H groups in total. The van der Waals surface area contributed by atoms with E-state index >= 15 is 0 Å². The van der Waals surface area contributed by atoms with Gasteiger partial charge in [-0.05, 0) is 43.5 Å². The summed E-state index contributed by atoms with van der Waals surface area (Å²) in [5.74, 6) is 1.54. The lowest BCUT2D eigenvalue weighted by atomic mass is 10.1. The second-order valence-corrected chi connectivity index (χ2v) is 7.84. The van der Waals surface area contributed by atoms with Crippen molar-refractivity contribution in [3.05, 3.63) is 71.5 Å². The molecule has 0 aliphatic heterocycles. The minimum atomic E-state index is -0.207. The van der Waals surface area contributed by atoms with E-state index in [2.05, 4.69) is 58.9 Å². The molecule has 0 saturated carbocycles. The van der Waals surface area contributed by atoms with Gasteiger partial charge in [0.2, 0.25) is 0 Å². The van der Waals surface area contributed by atoms with Crippen molar-refractivity contribution in [2.75, 3.05) is 0 Å². The number of ether oxygens (including phenoxy) is 1. The fraction of sp³-hybridized carbons (Fsp3) is 0.318. The summed E-state index contributed by atoms with van der Waals surface area (Å²) < 4.78 is 8.03. The lowest BCUT2D eigenvalue weighted by Crippen LogP contribution is -2.14. The molecular formula is C22H24N4OS. The maximum atomic E-state index is 9.19. The summed E-state index contributed by atoms with van der Waals surface area (Å²) in [5.41, 5.74) is 2.43. The highest BCUT2D eigenvalue weighted by Crippen LogP contribution is 2.29. The summed E-state index contributed by atoms with van der Waals surface area (Å²) in [6.07, 6.45) is 1.00. The van der Waals surface area contributed by atoms with E-state index in [4.69, 9.17) is 4.74 Å². The molecule has 0 bridgehead atoms. The van der Waals surface area contributed by atoms with Crippen LogP contribution < -0.4 is 4.74 Å². The predicted octanol–water partition coefficient (Wildman–Crippen LogP) is 5.03. The monoisotopic (exact) mass is 392 g/mol. The van der Waals surface area contributed by atoms with Crippen molar-refractivity contribution in [2.24, 2.45) is 0 Å². The van der Waals surface area contributed by atoms with E-state index in [1.807, 2.05) is 37.3 Å². The highest BCUT2D eigenvalue weighted by molar-refractivity contribution is 8.00. The summed E-state index contributed by atoms with van der Waals surface area (Å²) in [7, 11) is 0. The second kappa shape index (κ2) is 9.43. The van der Waals surface area contributed by atoms with Gasteiger partial charge in [0.25, 0.3) is 0 Å². The topological polar surface area (TPSA) is 63.7 Å². The highest BCUT2D eigenvalue weighted by atomic mass is 32.2. The van der Waals surface area contributed by atoms with Gasteiger partial charge in [-0.25, -0.2) is 0 Å². The van der Waals surface area contributed by atoms with Crippen LogP contribution in [0.3, 0.4) is 0 Å². The lowest BCUT2D eigenvalue weighted by Gasteiger charge is -2.19. The van der Waals surface area contributed by atoms with Gasteiger partial charge in [0, 0.05) is 0 Å². The van der Waals surface area contributed by atoms with E-state index in [1.54, 1.807) is 0 Å². The average molecular weight is 393 g/mol. The first-order chi connectivity index (χ1) is 13.6. The molecule has 0 saturated heterocycles. The van der Waals surface area contributed by atoms with Crippen molar-refractivity contribution in [1.29, 1.82) is 5.26 Å². The number of aromatic nitrogens is 3. The quantitative estimate of drug-likeness (QED) is 0.503.